The van der Waals surface area contributed by atoms with Crippen molar-refractivity contribution < 1.29 is 50.2 Å². The van der Waals surface area contributed by atoms with E-state index in [4.69, 9.17) is 4.74 Å². The Balaban J connectivity index is 1.76. The molecule has 2 aromatic rings. The number of carbonyl (C=O) groups is 2. The molecule has 0 atom stereocenters. The number of nitrogens with zero attached hydrogens (tertiary/aromatic N) is 3. The van der Waals surface area contributed by atoms with Gasteiger partial charge >= 0.3 is 24.5 Å². The van der Waals surface area contributed by atoms with Gasteiger partial charge in [-0.25, -0.2) is 14.0 Å². The molecule has 2 saturated heterocycles. The molecule has 2 N–H and O–H groups in total. The van der Waals surface area contributed by atoms with Gasteiger partial charge in [0.1, 0.15) is 17.0 Å². The third kappa shape index (κ3) is 5.48. The van der Waals surface area contributed by atoms with Crippen LogP contribution < -0.4 is 19.9 Å². The predicted octanol–water partition coefficient (Wildman–Crippen LogP) is 4.07. The van der Waals surface area contributed by atoms with Crippen LogP contribution in [0, 0.1) is 5.82 Å². The molecule has 0 aliphatic carbocycles. The van der Waals surface area contributed by atoms with Crippen LogP contribution in [0.2, 0.25) is 0 Å². The molecule has 2 aliphatic rings. The Bertz CT molecular complexity index is 1230. The third-order valence-corrected chi connectivity index (χ3v) is 6.16. The summed E-state index contributed by atoms with van der Waals surface area (Å²) in [4.78, 5) is 28.3. The number of aliphatic hydroxyl groups is 1. The van der Waals surface area contributed by atoms with Crippen LogP contribution in [0.15, 0.2) is 36.4 Å². The van der Waals surface area contributed by atoms with Gasteiger partial charge in [-0.05, 0) is 36.4 Å². The second-order valence-corrected chi connectivity index (χ2v) is 8.95. The minimum absolute atomic E-state index is 0.0178. The molecule has 8 nitrogen and oxygen atoms in total. The lowest BCUT2D eigenvalue weighted by atomic mass is 9.97. The Hall–Kier alpha value is -3.59. The Kier molecular flexibility index (Phi) is 6.95. The number of ether oxygens (including phenoxy) is 1. The van der Waals surface area contributed by atoms with E-state index in [1.807, 2.05) is 0 Å². The number of amides is 3. The highest BCUT2D eigenvalue weighted by Crippen LogP contribution is 2.47. The summed E-state index contributed by atoms with van der Waals surface area (Å²) in [5, 5.41) is 13.1. The first-order valence-corrected chi connectivity index (χ1v) is 11.1. The number of halogens is 7. The van der Waals surface area contributed by atoms with E-state index in [9.17, 15) is 45.4 Å². The number of hydrogen-bond donors (Lipinski definition) is 2. The fourth-order valence-electron chi connectivity index (χ4n) is 4.05. The maximum absolute atomic E-state index is 14.0. The molecule has 0 aromatic heterocycles. The van der Waals surface area contributed by atoms with Crippen molar-refractivity contribution in [1.29, 1.82) is 0 Å². The molecule has 2 fully saturated rings. The first-order valence-electron chi connectivity index (χ1n) is 11.1. The molecule has 4 rings (SSSR count). The average molecular weight is 550 g/mol. The average Bonchev–Trinajstić information content (AvgIpc) is 3.16. The highest BCUT2D eigenvalue weighted by Gasteiger charge is 2.45. The van der Waals surface area contributed by atoms with Gasteiger partial charge in [0, 0.05) is 38.9 Å². The van der Waals surface area contributed by atoms with E-state index in [1.54, 1.807) is 0 Å². The van der Waals surface area contributed by atoms with E-state index in [1.165, 1.54) is 0 Å². The molecule has 2 heterocycles. The number of carbonyl (C=O) groups excluding carboxylic acids is 2. The molecule has 0 spiro atoms. The summed E-state index contributed by atoms with van der Waals surface area (Å²) in [5.41, 5.74) is -5.82. The van der Waals surface area contributed by atoms with Crippen molar-refractivity contribution in [2.75, 3.05) is 49.6 Å². The molecule has 38 heavy (non-hydrogen) atoms. The smallest absolute Gasteiger partial charge is 0.407 e. The van der Waals surface area contributed by atoms with Crippen LogP contribution in [-0.4, -0.2) is 67.5 Å². The molecule has 0 saturated carbocycles. The molecule has 206 valence electrons. The summed E-state index contributed by atoms with van der Waals surface area (Å²) in [6.45, 7) is -0.349. The zero-order valence-corrected chi connectivity index (χ0v) is 19.7. The summed E-state index contributed by atoms with van der Waals surface area (Å²) in [6, 6.07) is 3.36. The van der Waals surface area contributed by atoms with Crippen LogP contribution in [0.25, 0.3) is 0 Å². The lowest BCUT2D eigenvalue weighted by molar-refractivity contribution is -0.143. The monoisotopic (exact) mass is 550 g/mol. The molecule has 0 unspecified atom stereocenters. The van der Waals surface area contributed by atoms with Gasteiger partial charge in [-0.3, -0.25) is 9.80 Å². The number of anilines is 2. The first kappa shape index (κ1) is 27.4. The van der Waals surface area contributed by atoms with Gasteiger partial charge in [-0.1, -0.05) is 0 Å². The van der Waals surface area contributed by atoms with Crippen molar-refractivity contribution in [3.05, 3.63) is 53.3 Å². The van der Waals surface area contributed by atoms with Gasteiger partial charge < -0.3 is 20.1 Å². The van der Waals surface area contributed by atoms with Gasteiger partial charge in [0.05, 0.1) is 17.8 Å². The van der Waals surface area contributed by atoms with Crippen molar-refractivity contribution in [2.24, 2.45) is 0 Å². The van der Waals surface area contributed by atoms with Crippen molar-refractivity contribution in [1.82, 2.24) is 10.2 Å². The summed E-state index contributed by atoms with van der Waals surface area (Å²) in [6.07, 6.45) is -12.1. The van der Waals surface area contributed by atoms with E-state index in [0.29, 0.717) is 11.0 Å². The Morgan fingerprint density at radius 3 is 2.24 bits per heavy atom. The zero-order chi connectivity index (χ0) is 28.0. The third-order valence-electron chi connectivity index (χ3n) is 6.16. The summed E-state index contributed by atoms with van der Waals surface area (Å²) in [5.74, 6) is -1.96. The van der Waals surface area contributed by atoms with E-state index < -0.39 is 58.5 Å². The highest BCUT2D eigenvalue weighted by atomic mass is 19.4. The second-order valence-electron chi connectivity index (χ2n) is 8.95. The Morgan fingerprint density at radius 2 is 1.71 bits per heavy atom. The molecular weight excluding hydrogens is 529 g/mol. The molecule has 0 bridgehead atoms. The zero-order valence-electron chi connectivity index (χ0n) is 19.7. The van der Waals surface area contributed by atoms with Gasteiger partial charge in [0.25, 0.3) is 0 Å². The van der Waals surface area contributed by atoms with Crippen molar-refractivity contribution in [2.45, 2.75) is 18.0 Å². The predicted molar refractivity (Wildman–Crippen MR) is 119 cm³/mol. The van der Waals surface area contributed by atoms with Gasteiger partial charge in [-0.15, -0.1) is 0 Å². The van der Waals surface area contributed by atoms with Crippen LogP contribution >= 0.6 is 0 Å². The van der Waals surface area contributed by atoms with E-state index >= 15 is 0 Å². The molecule has 0 radical (unpaired) electrons. The number of hydrogen-bond acceptors (Lipinski definition) is 5. The Labute approximate surface area is 211 Å². The minimum atomic E-state index is -5.41. The highest BCUT2D eigenvalue weighted by molar-refractivity contribution is 5.97. The number of urea groups is 1. The molecule has 3 amide bonds. The fourth-order valence-corrected chi connectivity index (χ4v) is 4.05. The number of alkyl halides is 6. The lowest BCUT2D eigenvalue weighted by Gasteiger charge is -2.40. The van der Waals surface area contributed by atoms with Gasteiger partial charge in [0.15, 0.2) is 5.75 Å². The summed E-state index contributed by atoms with van der Waals surface area (Å²) < 4.78 is 101. The quantitative estimate of drug-likeness (QED) is 0.549. The van der Waals surface area contributed by atoms with Crippen LogP contribution in [0.1, 0.15) is 11.1 Å². The minimum Gasteiger partial charge on any atom is -0.407 e. The topological polar surface area (TPSA) is 85.3 Å². The van der Waals surface area contributed by atoms with E-state index in [0.717, 1.165) is 41.1 Å². The summed E-state index contributed by atoms with van der Waals surface area (Å²) >= 11 is 0. The van der Waals surface area contributed by atoms with E-state index in [-0.39, 0.29) is 44.5 Å². The standard InChI is InChI=1S/C23H21F7N4O4/c1-32(15-4-2-14(24)3-5-15)20(36)38-18-16(23(28,29)30)8-13(22(25,26)27)9-17(18)34-7-6-33(19(34)35)12-21(37)10-31-11-21/h2-5,8-9,31,37H,6-7,10-12H2,1H3. The normalized spacial score (nSPS) is 17.4. The number of rotatable bonds is 5. The van der Waals surface area contributed by atoms with Gasteiger partial charge in [-0.2, -0.15) is 26.3 Å². The lowest BCUT2D eigenvalue weighted by Crippen LogP contribution is -2.64. The number of benzene rings is 2. The van der Waals surface area contributed by atoms with Crippen LogP contribution in [0.5, 0.6) is 5.75 Å². The van der Waals surface area contributed by atoms with E-state index in [2.05, 4.69) is 5.32 Å². The largest absolute Gasteiger partial charge is 0.420 e. The van der Waals surface area contributed by atoms with Crippen LogP contribution in [-0.2, 0) is 12.4 Å². The molecule has 2 aliphatic heterocycles. The number of β-amino-alcohol motifs (C(OH)–C–C–N with tert-alkyl or cyclic N) is 1. The van der Waals surface area contributed by atoms with Crippen molar-refractivity contribution in [3.8, 4) is 5.75 Å². The van der Waals surface area contributed by atoms with Crippen molar-refractivity contribution in [3.63, 3.8) is 0 Å². The SMILES string of the molecule is CN(C(=O)Oc1c(N2CCN(CC3(O)CNC3)C2=O)cc(C(F)(F)F)cc1C(F)(F)F)c1ccc(F)cc1. The first-order chi connectivity index (χ1) is 17.6. The van der Waals surface area contributed by atoms with Gasteiger partial charge in [0.2, 0.25) is 0 Å². The number of nitrogens with one attached hydrogen (secondary N) is 1. The second kappa shape index (κ2) is 9.62. The summed E-state index contributed by atoms with van der Waals surface area (Å²) in [7, 11) is 1.10. The fraction of sp³-hybridized carbons (Fsp3) is 0.391. The van der Waals surface area contributed by atoms with Crippen LogP contribution in [0.4, 0.5) is 51.7 Å². The maximum Gasteiger partial charge on any atom is 0.420 e. The molecule has 15 heteroatoms. The maximum atomic E-state index is 14.0. The molecular formula is C23H21F7N4O4. The Morgan fingerprint density at radius 1 is 1.08 bits per heavy atom. The van der Waals surface area contributed by atoms with Crippen LogP contribution in [0.3, 0.4) is 0 Å². The van der Waals surface area contributed by atoms with Crippen molar-refractivity contribution >= 4 is 23.5 Å². The molecule has 2 aromatic carbocycles.